The number of ketones is 1. The van der Waals surface area contributed by atoms with Crippen LogP contribution in [0.4, 0.5) is 0 Å². The van der Waals surface area contributed by atoms with Crippen LogP contribution in [0.5, 0.6) is 0 Å². The van der Waals surface area contributed by atoms with Gasteiger partial charge in [0, 0.05) is 25.4 Å². The second-order valence-corrected chi connectivity index (χ2v) is 3.51. The summed E-state index contributed by atoms with van der Waals surface area (Å²) in [5, 5.41) is 7.64. The van der Waals surface area contributed by atoms with Crippen molar-refractivity contribution in [3.63, 3.8) is 0 Å². The van der Waals surface area contributed by atoms with Crippen LogP contribution in [0.15, 0.2) is 18.7 Å². The Hall–Kier alpha value is -1.65. The molecule has 0 bridgehead atoms. The number of carbonyl (C=O) groups is 2. The first-order chi connectivity index (χ1) is 7.49. The van der Waals surface area contributed by atoms with Gasteiger partial charge in [-0.2, -0.15) is 0 Å². The minimum Gasteiger partial charge on any atom is -0.476 e. The van der Waals surface area contributed by atoms with Crippen molar-refractivity contribution in [2.75, 3.05) is 0 Å². The van der Waals surface area contributed by atoms with Crippen LogP contribution < -0.4 is 0 Å². The van der Waals surface area contributed by atoms with E-state index in [1.165, 1.54) is 12.8 Å². The Morgan fingerprint density at radius 1 is 1.50 bits per heavy atom. The van der Waals surface area contributed by atoms with Crippen LogP contribution in [0.1, 0.15) is 39.7 Å². The monoisotopic (exact) mass is 226 g/mol. The predicted octanol–water partition coefficient (Wildman–Crippen LogP) is 1.90. The largest absolute Gasteiger partial charge is 0.476 e. The standard InChI is InChI=1S/C8H14N2.C3H4O3/c1-3-4-8(2)10-6-5-9-7-10;1-2(4)3(5)6/h5-8H,3-4H2,1-2H3;1H3,(H,5,6). The third-order valence-electron chi connectivity index (χ3n) is 2.04. The summed E-state index contributed by atoms with van der Waals surface area (Å²) in [4.78, 5) is 22.9. The van der Waals surface area contributed by atoms with E-state index in [4.69, 9.17) is 5.11 Å². The van der Waals surface area contributed by atoms with Crippen LogP contribution in [-0.2, 0) is 9.59 Å². The maximum absolute atomic E-state index is 9.54. The minimum atomic E-state index is -1.38. The highest BCUT2D eigenvalue weighted by molar-refractivity contribution is 6.31. The van der Waals surface area contributed by atoms with E-state index in [0.29, 0.717) is 6.04 Å². The number of nitrogens with zero attached hydrogens (tertiary/aromatic N) is 2. The Balaban J connectivity index is 0.000000325. The summed E-state index contributed by atoms with van der Waals surface area (Å²) in [6.07, 6.45) is 8.18. The van der Waals surface area contributed by atoms with Gasteiger partial charge in [-0.25, -0.2) is 9.78 Å². The molecule has 0 aliphatic heterocycles. The van der Waals surface area contributed by atoms with Crippen LogP contribution in [0.25, 0.3) is 0 Å². The van der Waals surface area contributed by atoms with E-state index in [1.54, 1.807) is 0 Å². The Morgan fingerprint density at radius 3 is 2.38 bits per heavy atom. The van der Waals surface area contributed by atoms with Gasteiger partial charge < -0.3 is 9.67 Å². The zero-order valence-electron chi connectivity index (χ0n) is 9.88. The van der Waals surface area contributed by atoms with Crippen molar-refractivity contribution in [2.45, 2.75) is 39.7 Å². The van der Waals surface area contributed by atoms with E-state index in [1.807, 2.05) is 18.7 Å². The number of imidazole rings is 1. The lowest BCUT2D eigenvalue weighted by molar-refractivity contribution is -0.148. The number of rotatable bonds is 4. The van der Waals surface area contributed by atoms with E-state index < -0.39 is 11.8 Å². The Morgan fingerprint density at radius 2 is 2.06 bits per heavy atom. The van der Waals surface area contributed by atoms with Crippen LogP contribution in [0.2, 0.25) is 0 Å². The van der Waals surface area contributed by atoms with E-state index >= 15 is 0 Å². The fourth-order valence-corrected chi connectivity index (χ4v) is 1.10. The van der Waals surface area contributed by atoms with Gasteiger partial charge in [0.15, 0.2) is 0 Å². The molecule has 1 N–H and O–H groups in total. The molecule has 0 amide bonds. The average Bonchev–Trinajstić information content (AvgIpc) is 2.71. The van der Waals surface area contributed by atoms with E-state index in [-0.39, 0.29) is 0 Å². The molecule has 1 aromatic heterocycles. The number of carboxylic acid groups (broad SMARTS) is 1. The van der Waals surface area contributed by atoms with E-state index in [9.17, 15) is 9.59 Å². The Labute approximate surface area is 95.1 Å². The molecule has 0 fully saturated rings. The van der Waals surface area contributed by atoms with Crippen LogP contribution in [0, 0.1) is 0 Å². The predicted molar refractivity (Wildman–Crippen MR) is 60.2 cm³/mol. The lowest BCUT2D eigenvalue weighted by atomic mass is 10.2. The third-order valence-corrected chi connectivity index (χ3v) is 2.04. The number of Topliss-reactive ketones (excluding diaryl/α,β-unsaturated/α-hetero) is 1. The van der Waals surface area contributed by atoms with E-state index in [0.717, 1.165) is 6.92 Å². The van der Waals surface area contributed by atoms with Gasteiger partial charge in [0.2, 0.25) is 5.78 Å². The summed E-state index contributed by atoms with van der Waals surface area (Å²) in [6.45, 7) is 5.42. The third kappa shape index (κ3) is 5.95. The maximum atomic E-state index is 9.54. The summed E-state index contributed by atoms with van der Waals surface area (Å²) in [6, 6.07) is 0.604. The number of hydrogen-bond acceptors (Lipinski definition) is 3. The number of aromatic nitrogens is 2. The van der Waals surface area contributed by atoms with Gasteiger partial charge in [-0.1, -0.05) is 13.3 Å². The van der Waals surface area contributed by atoms with Crippen molar-refractivity contribution < 1.29 is 14.7 Å². The lowest BCUT2D eigenvalue weighted by Crippen LogP contribution is -2.05. The van der Waals surface area contributed by atoms with Crippen LogP contribution in [0.3, 0.4) is 0 Å². The minimum absolute atomic E-state index is 0.604. The molecule has 1 heterocycles. The molecule has 5 heteroatoms. The molecule has 0 aliphatic rings. The van der Waals surface area contributed by atoms with Crippen molar-refractivity contribution in [1.82, 2.24) is 9.55 Å². The summed E-state index contributed by atoms with van der Waals surface area (Å²) in [7, 11) is 0. The summed E-state index contributed by atoms with van der Waals surface area (Å²) >= 11 is 0. The SMILES string of the molecule is CC(=O)C(=O)O.CCCC(C)n1ccnc1. The van der Waals surface area contributed by atoms with Crippen LogP contribution >= 0.6 is 0 Å². The molecule has 5 nitrogen and oxygen atoms in total. The van der Waals surface area contributed by atoms with Gasteiger partial charge >= 0.3 is 5.97 Å². The topological polar surface area (TPSA) is 72.2 Å². The quantitative estimate of drug-likeness (QED) is 0.796. The molecule has 0 spiro atoms. The first-order valence-corrected chi connectivity index (χ1v) is 5.20. The van der Waals surface area contributed by atoms with Crippen molar-refractivity contribution in [3.05, 3.63) is 18.7 Å². The van der Waals surface area contributed by atoms with Crippen molar-refractivity contribution >= 4 is 11.8 Å². The highest BCUT2D eigenvalue weighted by Crippen LogP contribution is 2.10. The fraction of sp³-hybridized carbons (Fsp3) is 0.545. The van der Waals surface area contributed by atoms with Crippen molar-refractivity contribution in [3.8, 4) is 0 Å². The molecular weight excluding hydrogens is 208 g/mol. The molecule has 0 saturated heterocycles. The molecule has 90 valence electrons. The lowest BCUT2D eigenvalue weighted by Gasteiger charge is -2.10. The molecule has 1 rings (SSSR count). The van der Waals surface area contributed by atoms with Gasteiger partial charge in [0.05, 0.1) is 6.33 Å². The van der Waals surface area contributed by atoms with Gasteiger partial charge in [0.1, 0.15) is 0 Å². The van der Waals surface area contributed by atoms with E-state index in [2.05, 4.69) is 23.4 Å². The normalized spacial score (nSPS) is 11.2. The maximum Gasteiger partial charge on any atom is 0.371 e. The zero-order chi connectivity index (χ0) is 12.6. The fourth-order valence-electron chi connectivity index (χ4n) is 1.10. The first-order valence-electron chi connectivity index (χ1n) is 5.20. The second kappa shape index (κ2) is 7.62. The average molecular weight is 226 g/mol. The van der Waals surface area contributed by atoms with Crippen LogP contribution in [-0.4, -0.2) is 26.4 Å². The first kappa shape index (κ1) is 14.3. The molecule has 1 aromatic rings. The smallest absolute Gasteiger partial charge is 0.371 e. The van der Waals surface area contributed by atoms with Gasteiger partial charge in [-0.15, -0.1) is 0 Å². The van der Waals surface area contributed by atoms with Gasteiger partial charge in [-0.05, 0) is 13.3 Å². The number of carbonyl (C=O) groups excluding carboxylic acids is 1. The molecule has 0 saturated carbocycles. The summed E-state index contributed by atoms with van der Waals surface area (Å²) < 4.78 is 2.14. The molecule has 1 unspecified atom stereocenters. The Bertz CT molecular complexity index is 308. The molecule has 16 heavy (non-hydrogen) atoms. The molecule has 0 aromatic carbocycles. The molecule has 1 atom stereocenters. The Kier molecular flexibility index (Phi) is 6.83. The zero-order valence-corrected chi connectivity index (χ0v) is 9.88. The summed E-state index contributed by atoms with van der Waals surface area (Å²) in [5.41, 5.74) is 0. The number of aliphatic carboxylic acids is 1. The number of hydrogen-bond donors (Lipinski definition) is 1. The molecule has 0 aliphatic carbocycles. The van der Waals surface area contributed by atoms with Gasteiger partial charge in [0.25, 0.3) is 0 Å². The summed E-state index contributed by atoms with van der Waals surface area (Å²) in [5.74, 6) is -2.20. The van der Waals surface area contributed by atoms with Crippen molar-refractivity contribution in [1.29, 1.82) is 0 Å². The van der Waals surface area contributed by atoms with Crippen molar-refractivity contribution in [2.24, 2.45) is 0 Å². The highest BCUT2D eigenvalue weighted by Gasteiger charge is 1.99. The highest BCUT2D eigenvalue weighted by atomic mass is 16.4. The second-order valence-electron chi connectivity index (χ2n) is 3.51. The van der Waals surface area contributed by atoms with Gasteiger partial charge in [-0.3, -0.25) is 4.79 Å². The molecule has 0 radical (unpaired) electrons. The number of carboxylic acids is 1. The molecular formula is C11H18N2O3.